The van der Waals surface area contributed by atoms with E-state index in [1.807, 2.05) is 43.3 Å². The van der Waals surface area contributed by atoms with E-state index in [1.54, 1.807) is 28.6 Å². The van der Waals surface area contributed by atoms with Gasteiger partial charge in [-0.15, -0.1) is 0 Å². The lowest BCUT2D eigenvalue weighted by Gasteiger charge is -2.18. The Morgan fingerprint density at radius 3 is 2.52 bits per heavy atom. The average Bonchev–Trinajstić information content (AvgIpc) is 3.03. The summed E-state index contributed by atoms with van der Waals surface area (Å²) in [6, 6.07) is 17.2. The Morgan fingerprint density at radius 2 is 1.89 bits per heavy atom. The third-order valence-corrected chi connectivity index (χ3v) is 4.60. The number of rotatable bonds is 5. The molecule has 0 aliphatic heterocycles. The number of nitriles is 1. The van der Waals surface area contributed by atoms with E-state index in [4.69, 9.17) is 17.5 Å². The molecule has 0 saturated heterocycles. The lowest BCUT2D eigenvalue weighted by molar-refractivity contribution is -0.131. The molecular formula is C20H19N5OS. The van der Waals surface area contributed by atoms with E-state index in [0.717, 1.165) is 16.7 Å². The zero-order chi connectivity index (χ0) is 19.4. The lowest BCUT2D eigenvalue weighted by atomic mass is 10.1. The molecule has 0 atom stereocenters. The molecule has 0 aliphatic rings. The third-order valence-electron chi connectivity index (χ3n) is 4.29. The highest BCUT2D eigenvalue weighted by atomic mass is 32.1. The molecule has 1 heterocycles. The van der Waals surface area contributed by atoms with E-state index in [2.05, 4.69) is 16.3 Å². The minimum Gasteiger partial charge on any atom is -0.340 e. The first-order valence-corrected chi connectivity index (χ1v) is 8.84. The van der Waals surface area contributed by atoms with Gasteiger partial charge in [0, 0.05) is 19.2 Å². The molecule has 0 radical (unpaired) electrons. The fourth-order valence-corrected chi connectivity index (χ4v) is 2.89. The van der Waals surface area contributed by atoms with Gasteiger partial charge in [-0.1, -0.05) is 42.0 Å². The van der Waals surface area contributed by atoms with Crippen LogP contribution in [0.1, 0.15) is 16.7 Å². The minimum atomic E-state index is -0.0785. The Bertz CT molecular complexity index is 1040. The van der Waals surface area contributed by atoms with Crippen molar-refractivity contribution in [2.45, 2.75) is 20.0 Å². The number of carbonyl (C=O) groups excluding carboxylic acids is 1. The smallest absolute Gasteiger partial charge is 0.242 e. The van der Waals surface area contributed by atoms with Crippen molar-refractivity contribution < 1.29 is 4.79 Å². The molecule has 0 bridgehead atoms. The van der Waals surface area contributed by atoms with Crippen LogP contribution in [0.2, 0.25) is 0 Å². The van der Waals surface area contributed by atoms with Gasteiger partial charge in [0.25, 0.3) is 0 Å². The van der Waals surface area contributed by atoms with Crippen LogP contribution < -0.4 is 0 Å². The van der Waals surface area contributed by atoms with Crippen LogP contribution in [0, 0.1) is 23.0 Å². The van der Waals surface area contributed by atoms with E-state index in [9.17, 15) is 4.79 Å². The number of nitrogens with zero attached hydrogens (tertiary/aromatic N) is 4. The van der Waals surface area contributed by atoms with Gasteiger partial charge in [-0.05, 0) is 36.8 Å². The second kappa shape index (κ2) is 7.98. The molecule has 3 aromatic rings. The van der Waals surface area contributed by atoms with Gasteiger partial charge in [0.2, 0.25) is 5.91 Å². The number of amides is 1. The van der Waals surface area contributed by atoms with Crippen molar-refractivity contribution in [3.8, 4) is 17.5 Å². The first-order chi connectivity index (χ1) is 13.0. The second-order valence-electron chi connectivity index (χ2n) is 6.36. The zero-order valence-electron chi connectivity index (χ0n) is 15.1. The molecule has 3 rings (SSSR count). The number of hydrogen-bond acceptors (Lipinski definition) is 4. The van der Waals surface area contributed by atoms with Crippen LogP contribution in [0.3, 0.4) is 0 Å². The molecule has 27 heavy (non-hydrogen) atoms. The maximum atomic E-state index is 12.7. The van der Waals surface area contributed by atoms with Crippen LogP contribution in [0.15, 0.2) is 48.5 Å². The quantitative estimate of drug-likeness (QED) is 0.691. The second-order valence-corrected chi connectivity index (χ2v) is 6.75. The molecular weight excluding hydrogens is 358 g/mol. The fraction of sp³-hybridized carbons (Fsp3) is 0.200. The molecule has 7 heteroatoms. The minimum absolute atomic E-state index is 0.0785. The fourth-order valence-electron chi connectivity index (χ4n) is 2.69. The van der Waals surface area contributed by atoms with Crippen LogP contribution in [0.4, 0.5) is 0 Å². The van der Waals surface area contributed by atoms with Gasteiger partial charge in [0.15, 0.2) is 10.6 Å². The third kappa shape index (κ3) is 4.30. The van der Waals surface area contributed by atoms with Crippen molar-refractivity contribution in [3.63, 3.8) is 0 Å². The molecule has 0 aliphatic carbocycles. The van der Waals surface area contributed by atoms with Gasteiger partial charge >= 0.3 is 0 Å². The highest BCUT2D eigenvalue weighted by Crippen LogP contribution is 2.18. The van der Waals surface area contributed by atoms with Crippen LogP contribution in [-0.4, -0.2) is 32.6 Å². The summed E-state index contributed by atoms with van der Waals surface area (Å²) in [4.78, 5) is 14.3. The SMILES string of the molecule is Cc1ccc(-c2n[nH]c(=S)n2CC(=O)N(C)Cc2ccc(C#N)cc2)cc1. The Hall–Kier alpha value is -3.24. The summed E-state index contributed by atoms with van der Waals surface area (Å²) in [5.41, 5.74) is 3.60. The van der Waals surface area contributed by atoms with Crippen molar-refractivity contribution in [2.24, 2.45) is 0 Å². The first-order valence-electron chi connectivity index (χ1n) is 8.43. The first kappa shape index (κ1) is 18.5. The normalized spacial score (nSPS) is 10.4. The Labute approximate surface area is 162 Å². The maximum absolute atomic E-state index is 12.7. The van der Waals surface area contributed by atoms with Crippen LogP contribution in [-0.2, 0) is 17.9 Å². The summed E-state index contributed by atoms with van der Waals surface area (Å²) in [6.07, 6.45) is 0. The van der Waals surface area contributed by atoms with Crippen molar-refractivity contribution in [2.75, 3.05) is 7.05 Å². The van der Waals surface area contributed by atoms with Crippen molar-refractivity contribution >= 4 is 18.1 Å². The molecule has 0 saturated carbocycles. The highest BCUT2D eigenvalue weighted by Gasteiger charge is 2.15. The number of aryl methyl sites for hydroxylation is 1. The topological polar surface area (TPSA) is 77.7 Å². The van der Waals surface area contributed by atoms with E-state index in [-0.39, 0.29) is 12.5 Å². The molecule has 0 spiro atoms. The van der Waals surface area contributed by atoms with Gasteiger partial charge in [-0.25, -0.2) is 0 Å². The molecule has 1 N–H and O–H groups in total. The summed E-state index contributed by atoms with van der Waals surface area (Å²) in [7, 11) is 1.75. The lowest BCUT2D eigenvalue weighted by Crippen LogP contribution is -2.30. The number of likely N-dealkylation sites (N-methyl/N-ethyl adjacent to an activating group) is 1. The van der Waals surface area contributed by atoms with Gasteiger partial charge < -0.3 is 4.90 Å². The predicted molar refractivity (Wildman–Crippen MR) is 105 cm³/mol. The summed E-state index contributed by atoms with van der Waals surface area (Å²) in [5, 5.41) is 15.9. The number of aromatic amines is 1. The molecule has 1 aromatic heterocycles. The van der Waals surface area contributed by atoms with Crippen molar-refractivity contribution in [1.82, 2.24) is 19.7 Å². The van der Waals surface area contributed by atoms with Gasteiger partial charge in [0.05, 0.1) is 11.6 Å². The number of benzene rings is 2. The predicted octanol–water partition coefficient (Wildman–Crippen LogP) is 3.45. The summed E-state index contributed by atoms with van der Waals surface area (Å²) >= 11 is 5.30. The van der Waals surface area contributed by atoms with Crippen molar-refractivity contribution in [1.29, 1.82) is 5.26 Å². The van der Waals surface area contributed by atoms with E-state index in [1.165, 1.54) is 0 Å². The number of carbonyl (C=O) groups is 1. The largest absolute Gasteiger partial charge is 0.340 e. The maximum Gasteiger partial charge on any atom is 0.242 e. The standard InChI is InChI=1S/C20H19N5OS/c1-14-3-9-17(10-4-14)19-22-23-20(27)25(19)13-18(26)24(2)12-16-7-5-15(11-21)6-8-16/h3-10H,12-13H2,1-2H3,(H,23,27). The average molecular weight is 377 g/mol. The molecule has 0 fully saturated rings. The molecule has 136 valence electrons. The monoisotopic (exact) mass is 377 g/mol. The zero-order valence-corrected chi connectivity index (χ0v) is 16.0. The molecule has 1 amide bonds. The van der Waals surface area contributed by atoms with Gasteiger partial charge in [-0.3, -0.25) is 14.5 Å². The van der Waals surface area contributed by atoms with Gasteiger partial charge in [-0.2, -0.15) is 10.4 Å². The molecule has 0 unspecified atom stereocenters. The van der Waals surface area contributed by atoms with E-state index >= 15 is 0 Å². The summed E-state index contributed by atoms with van der Waals surface area (Å²) < 4.78 is 2.11. The Kier molecular flexibility index (Phi) is 5.48. The summed E-state index contributed by atoms with van der Waals surface area (Å²) in [5.74, 6) is 0.561. The summed E-state index contributed by atoms with van der Waals surface area (Å²) in [6.45, 7) is 2.57. The van der Waals surface area contributed by atoms with Crippen LogP contribution in [0.5, 0.6) is 0 Å². The van der Waals surface area contributed by atoms with Gasteiger partial charge in [0.1, 0.15) is 6.54 Å². The Morgan fingerprint density at radius 1 is 1.22 bits per heavy atom. The molecule has 2 aromatic carbocycles. The number of nitrogens with one attached hydrogen (secondary N) is 1. The van der Waals surface area contributed by atoms with E-state index < -0.39 is 0 Å². The van der Waals surface area contributed by atoms with Crippen LogP contribution >= 0.6 is 12.2 Å². The van der Waals surface area contributed by atoms with Crippen LogP contribution in [0.25, 0.3) is 11.4 Å². The Balaban J connectivity index is 1.75. The van der Waals surface area contributed by atoms with E-state index in [0.29, 0.717) is 22.7 Å². The highest BCUT2D eigenvalue weighted by molar-refractivity contribution is 7.71. The molecule has 6 nitrogen and oxygen atoms in total. The van der Waals surface area contributed by atoms with Crippen molar-refractivity contribution in [3.05, 3.63) is 70.0 Å². The number of hydrogen-bond donors (Lipinski definition) is 1. The number of H-pyrrole nitrogens is 1. The number of aromatic nitrogens is 3.